The molecule has 65 heavy (non-hydrogen) atoms. The minimum Gasteiger partial charge on any atom is -0.455 e. The van der Waals surface area contributed by atoms with Crippen LogP contribution in [0.2, 0.25) is 0 Å². The molecule has 0 amide bonds. The summed E-state index contributed by atoms with van der Waals surface area (Å²) < 4.78 is 9.08. The van der Waals surface area contributed by atoms with Crippen LogP contribution in [-0.4, -0.2) is 4.57 Å². The smallest absolute Gasteiger partial charge is 0.143 e. The van der Waals surface area contributed by atoms with Crippen molar-refractivity contribution in [1.82, 2.24) is 4.57 Å². The highest BCUT2D eigenvalue weighted by atomic mass is 16.3. The molecule has 0 saturated heterocycles. The van der Waals surface area contributed by atoms with Crippen molar-refractivity contribution < 1.29 is 4.42 Å². The molecule has 13 rings (SSSR count). The van der Waals surface area contributed by atoms with Crippen LogP contribution in [0, 0.1) is 0 Å². The number of fused-ring (bicyclic) bond motifs is 9. The van der Waals surface area contributed by atoms with Gasteiger partial charge in [0.05, 0.1) is 28.1 Å². The summed E-state index contributed by atoms with van der Waals surface area (Å²) in [4.78, 5) is 2.44. The Hall–Kier alpha value is -8.66. The van der Waals surface area contributed by atoms with E-state index in [1.54, 1.807) is 0 Å². The number of aromatic nitrogens is 1. The first kappa shape index (κ1) is 36.9. The van der Waals surface area contributed by atoms with Crippen molar-refractivity contribution in [2.75, 3.05) is 4.90 Å². The summed E-state index contributed by atoms with van der Waals surface area (Å²) >= 11 is 0. The Kier molecular flexibility index (Phi) is 8.53. The standard InChI is InChI=1S/C62H40N2O/c1-2-21-48-42(16-1)34-35-43-17-14-32-59(61(43)48)63(56-29-9-6-24-51(56)53-26-15-27-54-52-25-7-12-33-60(52)65-62(53)54)46-38-36-41(37-39-46)44-18-13-19-45(40-44)47-20-3-8-28-55(47)64-57-30-10-4-22-49(57)50-23-5-11-31-58(50)64/h1-40H. The first-order valence-corrected chi connectivity index (χ1v) is 22.3. The fourth-order valence-electron chi connectivity index (χ4n) is 10.3. The van der Waals surface area contributed by atoms with Gasteiger partial charge >= 0.3 is 0 Å². The summed E-state index contributed by atoms with van der Waals surface area (Å²) in [5, 5.41) is 9.57. The fraction of sp³-hybridized carbons (Fsp3) is 0. The van der Waals surface area contributed by atoms with Gasteiger partial charge in [-0.15, -0.1) is 0 Å². The van der Waals surface area contributed by atoms with Gasteiger partial charge in [-0.25, -0.2) is 0 Å². The average molecular weight is 829 g/mol. The van der Waals surface area contributed by atoms with Gasteiger partial charge in [0, 0.05) is 49.3 Å². The summed E-state index contributed by atoms with van der Waals surface area (Å²) in [6, 6.07) is 87.7. The van der Waals surface area contributed by atoms with Gasteiger partial charge in [-0.2, -0.15) is 0 Å². The molecule has 2 heterocycles. The van der Waals surface area contributed by atoms with E-state index in [1.165, 1.54) is 54.5 Å². The van der Waals surface area contributed by atoms with Crippen molar-refractivity contribution in [1.29, 1.82) is 0 Å². The number of benzene rings is 11. The van der Waals surface area contributed by atoms with Crippen LogP contribution in [0.4, 0.5) is 17.1 Å². The lowest BCUT2D eigenvalue weighted by Gasteiger charge is -2.29. The van der Waals surface area contributed by atoms with Crippen LogP contribution in [0.1, 0.15) is 0 Å². The number of hydrogen-bond donors (Lipinski definition) is 0. The highest BCUT2D eigenvalue weighted by Gasteiger charge is 2.23. The van der Waals surface area contributed by atoms with Gasteiger partial charge in [0.25, 0.3) is 0 Å². The van der Waals surface area contributed by atoms with Crippen LogP contribution in [0.25, 0.3) is 104 Å². The normalized spacial score (nSPS) is 11.7. The highest BCUT2D eigenvalue weighted by molar-refractivity contribution is 6.16. The van der Waals surface area contributed by atoms with Crippen LogP contribution in [0.5, 0.6) is 0 Å². The molecule has 0 aliphatic heterocycles. The topological polar surface area (TPSA) is 21.3 Å². The minimum absolute atomic E-state index is 0.888. The second-order valence-corrected chi connectivity index (χ2v) is 16.8. The molecule has 0 spiro atoms. The number of hydrogen-bond acceptors (Lipinski definition) is 2. The Morgan fingerprint density at radius 2 is 0.908 bits per heavy atom. The number of para-hydroxylation sites is 6. The maximum absolute atomic E-state index is 6.66. The van der Waals surface area contributed by atoms with Gasteiger partial charge in [0.1, 0.15) is 11.2 Å². The van der Waals surface area contributed by atoms with Gasteiger partial charge in [0.15, 0.2) is 0 Å². The van der Waals surface area contributed by atoms with Crippen molar-refractivity contribution in [3.8, 4) is 39.1 Å². The summed E-state index contributed by atoms with van der Waals surface area (Å²) in [7, 11) is 0. The van der Waals surface area contributed by atoms with Gasteiger partial charge in [0.2, 0.25) is 0 Å². The lowest BCUT2D eigenvalue weighted by molar-refractivity contribution is 0.670. The Morgan fingerprint density at radius 1 is 0.338 bits per heavy atom. The van der Waals surface area contributed by atoms with Gasteiger partial charge in [-0.3, -0.25) is 0 Å². The van der Waals surface area contributed by atoms with Gasteiger partial charge in [-0.05, 0) is 87.4 Å². The van der Waals surface area contributed by atoms with Crippen LogP contribution < -0.4 is 4.90 Å². The summed E-state index contributed by atoms with van der Waals surface area (Å²) in [5.74, 6) is 0. The van der Waals surface area contributed by atoms with Gasteiger partial charge < -0.3 is 13.9 Å². The summed E-state index contributed by atoms with van der Waals surface area (Å²) in [6.07, 6.45) is 0. The Balaban J connectivity index is 0.967. The van der Waals surface area contributed by atoms with E-state index < -0.39 is 0 Å². The number of nitrogens with zero attached hydrogens (tertiary/aromatic N) is 2. The molecule has 3 nitrogen and oxygen atoms in total. The van der Waals surface area contributed by atoms with Crippen LogP contribution in [0.15, 0.2) is 247 Å². The molecule has 0 fully saturated rings. The minimum atomic E-state index is 0.888. The first-order valence-electron chi connectivity index (χ1n) is 22.3. The maximum Gasteiger partial charge on any atom is 0.143 e. The van der Waals surface area contributed by atoms with Crippen LogP contribution in [0.3, 0.4) is 0 Å². The molecule has 0 aliphatic carbocycles. The molecule has 11 aromatic carbocycles. The van der Waals surface area contributed by atoms with E-state index in [4.69, 9.17) is 4.42 Å². The van der Waals surface area contributed by atoms with Crippen molar-refractivity contribution in [3.05, 3.63) is 243 Å². The molecule has 3 heteroatoms. The van der Waals surface area contributed by atoms with Crippen LogP contribution in [-0.2, 0) is 0 Å². The van der Waals surface area contributed by atoms with E-state index in [9.17, 15) is 0 Å². The van der Waals surface area contributed by atoms with E-state index in [-0.39, 0.29) is 0 Å². The monoisotopic (exact) mass is 828 g/mol. The Bertz CT molecular complexity index is 3910. The molecule has 0 atom stereocenters. The van der Waals surface area contributed by atoms with E-state index in [0.717, 1.165) is 66.9 Å². The molecule has 304 valence electrons. The lowest BCUT2D eigenvalue weighted by atomic mass is 9.96. The molecule has 0 unspecified atom stereocenters. The zero-order chi connectivity index (χ0) is 42.8. The molecule has 2 aromatic heterocycles. The summed E-state index contributed by atoms with van der Waals surface area (Å²) in [6.45, 7) is 0. The third-order valence-corrected chi connectivity index (χ3v) is 13.2. The molecule has 0 aliphatic rings. The zero-order valence-electron chi connectivity index (χ0n) is 35.4. The molecular weight excluding hydrogens is 789 g/mol. The Morgan fingerprint density at radius 3 is 1.74 bits per heavy atom. The molecule has 0 bridgehead atoms. The second-order valence-electron chi connectivity index (χ2n) is 16.8. The lowest BCUT2D eigenvalue weighted by Crippen LogP contribution is -2.12. The number of anilines is 3. The quantitative estimate of drug-likeness (QED) is 0.149. The van der Waals surface area contributed by atoms with E-state index >= 15 is 0 Å². The third-order valence-electron chi connectivity index (χ3n) is 13.2. The average Bonchev–Trinajstić information content (AvgIpc) is 3.93. The summed E-state index contributed by atoms with van der Waals surface area (Å²) in [5.41, 5.74) is 15.4. The van der Waals surface area contributed by atoms with Crippen molar-refractivity contribution in [2.45, 2.75) is 0 Å². The number of furan rings is 1. The molecule has 0 radical (unpaired) electrons. The third kappa shape index (κ3) is 5.97. The Labute approximate surface area is 376 Å². The predicted molar refractivity (Wildman–Crippen MR) is 274 cm³/mol. The largest absolute Gasteiger partial charge is 0.455 e. The second kappa shape index (κ2) is 15.0. The van der Waals surface area contributed by atoms with E-state index in [1.807, 2.05) is 6.07 Å². The van der Waals surface area contributed by atoms with Crippen LogP contribution >= 0.6 is 0 Å². The molecule has 13 aromatic rings. The first-order chi connectivity index (χ1) is 32.3. The SMILES string of the molecule is c1cc(-c2ccc(N(c3ccccc3-c3cccc4c3oc3ccccc34)c3cccc4ccc5ccccc5c34)cc2)cc(-c2ccccc2-n2c3ccccc3c3ccccc32)c1. The van der Waals surface area contributed by atoms with Crippen molar-refractivity contribution in [3.63, 3.8) is 0 Å². The molecular formula is C62H40N2O. The van der Waals surface area contributed by atoms with Gasteiger partial charge in [-0.1, -0.05) is 188 Å². The fourth-order valence-corrected chi connectivity index (χ4v) is 10.3. The zero-order valence-corrected chi connectivity index (χ0v) is 35.4. The highest BCUT2D eigenvalue weighted by Crippen LogP contribution is 2.47. The number of rotatable bonds is 7. The van der Waals surface area contributed by atoms with E-state index in [0.29, 0.717) is 0 Å². The van der Waals surface area contributed by atoms with E-state index in [2.05, 4.69) is 246 Å². The predicted octanol–water partition coefficient (Wildman–Crippen LogP) is 17.5. The molecule has 0 saturated carbocycles. The molecule has 0 N–H and O–H groups in total. The van der Waals surface area contributed by atoms with Crippen molar-refractivity contribution >= 4 is 82.4 Å². The maximum atomic E-state index is 6.66. The van der Waals surface area contributed by atoms with Crippen molar-refractivity contribution in [2.24, 2.45) is 0 Å².